The van der Waals surface area contributed by atoms with E-state index in [0.29, 0.717) is 37.3 Å². The number of amides is 2. The van der Waals surface area contributed by atoms with Crippen LogP contribution in [0.3, 0.4) is 0 Å². The number of nitrogens with one attached hydrogen (secondary N) is 2. The third-order valence-corrected chi connectivity index (χ3v) is 4.66. The second-order valence-corrected chi connectivity index (χ2v) is 6.70. The number of nitrogens with zero attached hydrogens (tertiary/aromatic N) is 3. The summed E-state index contributed by atoms with van der Waals surface area (Å²) in [5.41, 5.74) is 2.26. The summed E-state index contributed by atoms with van der Waals surface area (Å²) in [6.45, 7) is 3.10. The van der Waals surface area contributed by atoms with Crippen molar-refractivity contribution in [1.82, 2.24) is 25.3 Å². The molecule has 0 atom stereocenters. The van der Waals surface area contributed by atoms with Gasteiger partial charge in [0.2, 0.25) is 5.89 Å². The molecule has 2 N–H and O–H groups in total. The van der Waals surface area contributed by atoms with Crippen LogP contribution in [0.15, 0.2) is 35.0 Å². The molecule has 2 amide bonds. The van der Waals surface area contributed by atoms with E-state index in [-0.39, 0.29) is 6.03 Å². The highest BCUT2D eigenvalue weighted by Gasteiger charge is 2.32. The number of aromatic nitrogens is 3. The summed E-state index contributed by atoms with van der Waals surface area (Å²) in [6.07, 6.45) is 5.38. The molecule has 1 aliphatic rings. The molecule has 7 heteroatoms. The molecule has 0 spiro atoms. The largest absolute Gasteiger partial charge is 0.361 e. The van der Waals surface area contributed by atoms with Gasteiger partial charge in [-0.2, -0.15) is 4.98 Å². The number of rotatable bonds is 7. The molecule has 1 fully saturated rings. The molecule has 0 saturated heterocycles. The van der Waals surface area contributed by atoms with Gasteiger partial charge in [0.05, 0.1) is 0 Å². The van der Waals surface area contributed by atoms with E-state index in [4.69, 9.17) is 4.52 Å². The van der Waals surface area contributed by atoms with Gasteiger partial charge in [-0.15, -0.1) is 0 Å². The van der Waals surface area contributed by atoms with Crippen LogP contribution < -0.4 is 5.32 Å². The first-order chi connectivity index (χ1) is 12.7. The van der Waals surface area contributed by atoms with Crippen molar-refractivity contribution in [3.05, 3.63) is 47.7 Å². The molecule has 26 heavy (non-hydrogen) atoms. The number of hydrogen-bond acceptors (Lipinski definition) is 4. The summed E-state index contributed by atoms with van der Waals surface area (Å²) in [4.78, 5) is 22.0. The lowest BCUT2D eigenvalue weighted by Crippen LogP contribution is -2.41. The molecule has 0 aliphatic heterocycles. The predicted molar refractivity (Wildman–Crippen MR) is 97.6 cm³/mol. The summed E-state index contributed by atoms with van der Waals surface area (Å²) in [5.74, 6) is 1.27. The zero-order valence-electron chi connectivity index (χ0n) is 14.9. The summed E-state index contributed by atoms with van der Waals surface area (Å²) in [7, 11) is 0. The van der Waals surface area contributed by atoms with Crippen molar-refractivity contribution in [2.75, 3.05) is 6.54 Å². The average molecular weight is 353 g/mol. The van der Waals surface area contributed by atoms with Crippen molar-refractivity contribution in [3.8, 4) is 0 Å². The van der Waals surface area contributed by atoms with E-state index in [2.05, 4.69) is 44.7 Å². The van der Waals surface area contributed by atoms with E-state index < -0.39 is 0 Å². The van der Waals surface area contributed by atoms with Crippen LogP contribution in [0.2, 0.25) is 0 Å². The Hall–Kier alpha value is -2.83. The van der Waals surface area contributed by atoms with Gasteiger partial charge in [-0.25, -0.2) is 4.79 Å². The van der Waals surface area contributed by atoms with Crippen molar-refractivity contribution in [2.24, 2.45) is 0 Å². The molecule has 7 nitrogen and oxygen atoms in total. The van der Waals surface area contributed by atoms with Crippen LogP contribution in [0.5, 0.6) is 0 Å². The SMILES string of the molecule is CCc1nc(CCNC(=O)N(Cc2ccc3[nH]ccc3c2)C2CC2)no1. The molecule has 0 bridgehead atoms. The maximum atomic E-state index is 12.6. The van der Waals surface area contributed by atoms with E-state index >= 15 is 0 Å². The minimum atomic E-state index is -0.0270. The molecule has 1 saturated carbocycles. The van der Waals surface area contributed by atoms with Gasteiger partial charge in [0, 0.05) is 43.7 Å². The normalized spacial score (nSPS) is 13.9. The second kappa shape index (κ2) is 7.19. The molecular formula is C19H23N5O2. The Kier molecular flexibility index (Phi) is 4.60. The number of fused-ring (bicyclic) bond motifs is 1. The third-order valence-electron chi connectivity index (χ3n) is 4.66. The van der Waals surface area contributed by atoms with E-state index in [1.807, 2.05) is 18.0 Å². The van der Waals surface area contributed by atoms with Crippen molar-refractivity contribution < 1.29 is 9.32 Å². The van der Waals surface area contributed by atoms with E-state index in [1.54, 1.807) is 0 Å². The highest BCUT2D eigenvalue weighted by molar-refractivity contribution is 5.80. The van der Waals surface area contributed by atoms with Crippen LogP contribution in [0.4, 0.5) is 4.79 Å². The quantitative estimate of drug-likeness (QED) is 0.683. The minimum absolute atomic E-state index is 0.0270. The van der Waals surface area contributed by atoms with Gasteiger partial charge in [0.1, 0.15) is 0 Å². The Morgan fingerprint density at radius 3 is 3.04 bits per heavy atom. The predicted octanol–water partition coefficient (Wildman–Crippen LogP) is 3.03. The number of benzene rings is 1. The maximum Gasteiger partial charge on any atom is 0.317 e. The third kappa shape index (κ3) is 3.71. The van der Waals surface area contributed by atoms with Crippen LogP contribution in [-0.4, -0.2) is 38.6 Å². The van der Waals surface area contributed by atoms with Crippen molar-refractivity contribution >= 4 is 16.9 Å². The monoisotopic (exact) mass is 353 g/mol. The van der Waals surface area contributed by atoms with Crippen LogP contribution >= 0.6 is 0 Å². The molecular weight excluding hydrogens is 330 g/mol. The Morgan fingerprint density at radius 1 is 1.38 bits per heavy atom. The molecule has 1 aromatic carbocycles. The van der Waals surface area contributed by atoms with Crippen molar-refractivity contribution in [1.29, 1.82) is 0 Å². The highest BCUT2D eigenvalue weighted by atomic mass is 16.5. The van der Waals surface area contributed by atoms with Crippen LogP contribution in [0.1, 0.15) is 37.0 Å². The number of H-pyrrole nitrogens is 1. The number of aromatic amines is 1. The second-order valence-electron chi connectivity index (χ2n) is 6.70. The van der Waals surface area contributed by atoms with E-state index in [9.17, 15) is 4.79 Å². The van der Waals surface area contributed by atoms with Gasteiger partial charge in [-0.1, -0.05) is 18.1 Å². The first-order valence-corrected chi connectivity index (χ1v) is 9.15. The van der Waals surface area contributed by atoms with Crippen molar-refractivity contribution in [2.45, 2.75) is 45.2 Å². The molecule has 3 aromatic rings. The van der Waals surface area contributed by atoms with Gasteiger partial charge >= 0.3 is 6.03 Å². The molecule has 4 rings (SSSR count). The lowest BCUT2D eigenvalue weighted by Gasteiger charge is -2.23. The van der Waals surface area contributed by atoms with E-state index in [0.717, 1.165) is 30.3 Å². The zero-order chi connectivity index (χ0) is 17.9. The topological polar surface area (TPSA) is 87.0 Å². The molecule has 2 heterocycles. The molecule has 1 aliphatic carbocycles. The summed E-state index contributed by atoms with van der Waals surface area (Å²) >= 11 is 0. The van der Waals surface area contributed by atoms with Crippen LogP contribution in [0, 0.1) is 0 Å². The van der Waals surface area contributed by atoms with Gasteiger partial charge < -0.3 is 19.7 Å². The number of hydrogen-bond donors (Lipinski definition) is 2. The number of carbonyl (C=O) groups excluding carboxylic acids is 1. The summed E-state index contributed by atoms with van der Waals surface area (Å²) in [6, 6.07) is 8.65. The molecule has 0 unspecified atom stereocenters. The smallest absolute Gasteiger partial charge is 0.317 e. The number of carbonyl (C=O) groups is 1. The fraction of sp³-hybridized carbons (Fsp3) is 0.421. The van der Waals surface area contributed by atoms with Crippen LogP contribution in [-0.2, 0) is 19.4 Å². The zero-order valence-corrected chi connectivity index (χ0v) is 14.9. The van der Waals surface area contributed by atoms with Gasteiger partial charge in [0.25, 0.3) is 0 Å². The lowest BCUT2D eigenvalue weighted by atomic mass is 10.1. The number of urea groups is 1. The van der Waals surface area contributed by atoms with Gasteiger partial charge in [-0.3, -0.25) is 0 Å². The first-order valence-electron chi connectivity index (χ1n) is 9.15. The highest BCUT2D eigenvalue weighted by Crippen LogP contribution is 2.29. The Labute approximate surface area is 151 Å². The van der Waals surface area contributed by atoms with Crippen LogP contribution in [0.25, 0.3) is 10.9 Å². The Morgan fingerprint density at radius 2 is 2.27 bits per heavy atom. The molecule has 0 radical (unpaired) electrons. The Bertz CT molecular complexity index is 896. The first kappa shape index (κ1) is 16.6. The summed E-state index contributed by atoms with van der Waals surface area (Å²) < 4.78 is 5.09. The fourth-order valence-corrected chi connectivity index (χ4v) is 3.07. The van der Waals surface area contributed by atoms with Crippen molar-refractivity contribution in [3.63, 3.8) is 0 Å². The summed E-state index contributed by atoms with van der Waals surface area (Å²) in [5, 5.41) is 8.07. The molecule has 136 valence electrons. The maximum absolute atomic E-state index is 12.6. The standard InChI is InChI=1S/C19H23N5O2/c1-2-18-22-17(23-26-18)8-10-21-19(25)24(15-4-5-15)12-13-3-6-16-14(11-13)7-9-20-16/h3,6-7,9,11,15,20H,2,4-5,8,10,12H2,1H3,(H,21,25). The van der Waals surface area contributed by atoms with E-state index in [1.165, 1.54) is 5.39 Å². The van der Waals surface area contributed by atoms with Gasteiger partial charge in [0.15, 0.2) is 5.82 Å². The van der Waals surface area contributed by atoms with Gasteiger partial charge in [-0.05, 0) is 42.0 Å². The number of aryl methyl sites for hydroxylation is 1. The minimum Gasteiger partial charge on any atom is -0.361 e. The fourth-order valence-electron chi connectivity index (χ4n) is 3.07. The lowest BCUT2D eigenvalue weighted by molar-refractivity contribution is 0.192. The Balaban J connectivity index is 1.35. The average Bonchev–Trinajstić information content (AvgIpc) is 3.20. The molecule has 2 aromatic heterocycles.